The van der Waals surface area contributed by atoms with Gasteiger partial charge in [0, 0.05) is 12.5 Å². The van der Waals surface area contributed by atoms with Crippen molar-refractivity contribution in [1.29, 1.82) is 0 Å². The molecule has 1 aromatic heterocycles. The van der Waals surface area contributed by atoms with E-state index < -0.39 is 0 Å². The fourth-order valence-corrected chi connectivity index (χ4v) is 1.38. The van der Waals surface area contributed by atoms with Crippen LogP contribution in [-0.4, -0.2) is 29.5 Å². The number of aromatic nitrogens is 2. The Balaban J connectivity index is 2.08. The van der Waals surface area contributed by atoms with Crippen molar-refractivity contribution in [3.8, 4) is 5.88 Å². The molecule has 0 bridgehead atoms. The lowest BCUT2D eigenvalue weighted by Gasteiger charge is -2.11. The monoisotopic (exact) mass is 215 g/mol. The molecule has 2 heterocycles. The van der Waals surface area contributed by atoms with Crippen LogP contribution in [0.15, 0.2) is 6.07 Å². The van der Waals surface area contributed by atoms with Crippen LogP contribution in [0.2, 0.25) is 5.15 Å². The summed E-state index contributed by atoms with van der Waals surface area (Å²) in [4.78, 5) is 0. The highest BCUT2D eigenvalue weighted by atomic mass is 35.5. The molecule has 0 aliphatic carbocycles. The summed E-state index contributed by atoms with van der Waals surface area (Å²) < 4.78 is 10.6. The number of rotatable bonds is 2. The van der Waals surface area contributed by atoms with E-state index in [1.165, 1.54) is 6.07 Å². The summed E-state index contributed by atoms with van der Waals surface area (Å²) >= 11 is 5.60. The Morgan fingerprint density at radius 1 is 1.57 bits per heavy atom. The smallest absolute Gasteiger partial charge is 0.257 e. The van der Waals surface area contributed by atoms with Gasteiger partial charge in [-0.15, -0.1) is 10.2 Å². The molecule has 1 aliphatic heterocycles. The van der Waals surface area contributed by atoms with Gasteiger partial charge < -0.3 is 15.2 Å². The highest BCUT2D eigenvalue weighted by molar-refractivity contribution is 6.29. The highest BCUT2D eigenvalue weighted by Crippen LogP contribution is 2.22. The van der Waals surface area contributed by atoms with E-state index in [2.05, 4.69) is 10.2 Å². The van der Waals surface area contributed by atoms with Crippen LogP contribution < -0.4 is 10.5 Å². The highest BCUT2D eigenvalue weighted by Gasteiger charge is 2.19. The number of hydrogen-bond acceptors (Lipinski definition) is 5. The van der Waals surface area contributed by atoms with Crippen molar-refractivity contribution in [2.75, 3.05) is 18.9 Å². The summed E-state index contributed by atoms with van der Waals surface area (Å²) in [7, 11) is 0. The molecule has 5 nitrogen and oxygen atoms in total. The van der Waals surface area contributed by atoms with Crippen LogP contribution in [0.5, 0.6) is 5.88 Å². The maximum Gasteiger partial charge on any atom is 0.257 e. The van der Waals surface area contributed by atoms with Crippen molar-refractivity contribution in [1.82, 2.24) is 10.2 Å². The van der Waals surface area contributed by atoms with Gasteiger partial charge in [0.15, 0.2) is 5.15 Å². The molecule has 2 N–H and O–H groups in total. The number of nitrogens with two attached hydrogens (primary N) is 1. The standard InChI is InChI=1S/C8H10ClN3O2/c9-7-3-6(10)8(12-11-7)14-5-1-2-13-4-5/h3,5H,1-2,4H2,(H2,10,11). The summed E-state index contributed by atoms with van der Waals surface area (Å²) in [5.74, 6) is 0.324. The van der Waals surface area contributed by atoms with Gasteiger partial charge in [0.2, 0.25) is 0 Å². The van der Waals surface area contributed by atoms with Gasteiger partial charge in [-0.05, 0) is 0 Å². The maximum atomic E-state index is 5.65. The summed E-state index contributed by atoms with van der Waals surface area (Å²) in [6.45, 7) is 1.29. The first-order chi connectivity index (χ1) is 6.75. The molecule has 1 unspecified atom stereocenters. The average Bonchev–Trinajstić information content (AvgIpc) is 2.62. The normalized spacial score (nSPS) is 21.1. The van der Waals surface area contributed by atoms with Crippen molar-refractivity contribution in [3.05, 3.63) is 11.2 Å². The fourth-order valence-electron chi connectivity index (χ4n) is 1.23. The van der Waals surface area contributed by atoms with Crippen molar-refractivity contribution in [3.63, 3.8) is 0 Å². The third kappa shape index (κ3) is 2.05. The second kappa shape index (κ2) is 3.98. The van der Waals surface area contributed by atoms with Gasteiger partial charge in [0.25, 0.3) is 5.88 Å². The third-order valence-electron chi connectivity index (χ3n) is 1.92. The second-order valence-corrected chi connectivity index (χ2v) is 3.42. The molecular weight excluding hydrogens is 206 g/mol. The molecule has 2 rings (SSSR count). The van der Waals surface area contributed by atoms with Gasteiger partial charge in [-0.2, -0.15) is 0 Å². The predicted molar refractivity (Wildman–Crippen MR) is 51.3 cm³/mol. The number of anilines is 1. The molecule has 0 spiro atoms. The minimum atomic E-state index is 0.0211. The zero-order valence-corrected chi connectivity index (χ0v) is 8.20. The Morgan fingerprint density at radius 2 is 2.43 bits per heavy atom. The minimum absolute atomic E-state index is 0.0211. The van der Waals surface area contributed by atoms with Crippen LogP contribution in [0, 0.1) is 0 Å². The minimum Gasteiger partial charge on any atom is -0.469 e. The van der Waals surface area contributed by atoms with E-state index in [9.17, 15) is 0 Å². The largest absolute Gasteiger partial charge is 0.469 e. The second-order valence-electron chi connectivity index (χ2n) is 3.03. The molecule has 1 fully saturated rings. The molecular formula is C8H10ClN3O2. The van der Waals surface area contributed by atoms with Crippen LogP contribution >= 0.6 is 11.6 Å². The van der Waals surface area contributed by atoms with E-state index in [0.29, 0.717) is 24.8 Å². The number of nitrogen functional groups attached to an aromatic ring is 1. The number of halogens is 1. The van der Waals surface area contributed by atoms with Crippen LogP contribution in [-0.2, 0) is 4.74 Å². The van der Waals surface area contributed by atoms with Gasteiger partial charge >= 0.3 is 0 Å². The Labute approximate surface area is 86.2 Å². The topological polar surface area (TPSA) is 70.3 Å². The summed E-state index contributed by atoms with van der Waals surface area (Å²) in [6, 6.07) is 1.51. The molecule has 1 saturated heterocycles. The number of hydrogen-bond donors (Lipinski definition) is 1. The predicted octanol–water partition coefficient (Wildman–Crippen LogP) is 0.880. The van der Waals surface area contributed by atoms with Gasteiger partial charge in [0.05, 0.1) is 18.9 Å². The van der Waals surface area contributed by atoms with Crippen molar-refractivity contribution in [2.45, 2.75) is 12.5 Å². The van der Waals surface area contributed by atoms with E-state index in [0.717, 1.165) is 6.42 Å². The van der Waals surface area contributed by atoms with E-state index in [-0.39, 0.29) is 11.3 Å². The molecule has 14 heavy (non-hydrogen) atoms. The molecule has 1 atom stereocenters. The number of ether oxygens (including phenoxy) is 2. The molecule has 1 aromatic rings. The van der Waals surface area contributed by atoms with Gasteiger partial charge in [-0.3, -0.25) is 0 Å². The van der Waals surface area contributed by atoms with Crippen LogP contribution in [0.3, 0.4) is 0 Å². The van der Waals surface area contributed by atoms with Crippen molar-refractivity contribution < 1.29 is 9.47 Å². The Morgan fingerprint density at radius 3 is 3.07 bits per heavy atom. The Hall–Kier alpha value is -1.07. The average molecular weight is 216 g/mol. The van der Waals surface area contributed by atoms with E-state index in [1.807, 2.05) is 0 Å². The lowest BCUT2D eigenvalue weighted by atomic mass is 10.3. The fraction of sp³-hybridized carbons (Fsp3) is 0.500. The first-order valence-electron chi connectivity index (χ1n) is 4.29. The third-order valence-corrected chi connectivity index (χ3v) is 2.11. The summed E-state index contributed by atoms with van der Waals surface area (Å²) in [5, 5.41) is 7.67. The maximum absolute atomic E-state index is 5.65. The molecule has 0 amide bonds. The number of nitrogens with zero attached hydrogens (tertiary/aromatic N) is 2. The molecule has 6 heteroatoms. The zero-order valence-electron chi connectivity index (χ0n) is 7.44. The van der Waals surface area contributed by atoms with Crippen LogP contribution in [0.1, 0.15) is 6.42 Å². The molecule has 0 radical (unpaired) electrons. The lowest BCUT2D eigenvalue weighted by Crippen LogP contribution is -2.17. The van der Waals surface area contributed by atoms with Crippen LogP contribution in [0.25, 0.3) is 0 Å². The summed E-state index contributed by atoms with van der Waals surface area (Å²) in [6.07, 6.45) is 0.872. The van der Waals surface area contributed by atoms with E-state index >= 15 is 0 Å². The lowest BCUT2D eigenvalue weighted by molar-refractivity contribution is 0.138. The van der Waals surface area contributed by atoms with E-state index in [4.69, 9.17) is 26.8 Å². The molecule has 76 valence electrons. The molecule has 0 saturated carbocycles. The van der Waals surface area contributed by atoms with Gasteiger partial charge in [-0.1, -0.05) is 11.6 Å². The van der Waals surface area contributed by atoms with Crippen LogP contribution in [0.4, 0.5) is 5.69 Å². The van der Waals surface area contributed by atoms with Crippen molar-refractivity contribution >= 4 is 17.3 Å². The first-order valence-corrected chi connectivity index (χ1v) is 4.66. The Bertz CT molecular complexity index is 328. The van der Waals surface area contributed by atoms with Gasteiger partial charge in [0.1, 0.15) is 6.10 Å². The quantitative estimate of drug-likeness (QED) is 0.793. The molecule has 1 aliphatic rings. The zero-order chi connectivity index (χ0) is 9.97. The SMILES string of the molecule is Nc1cc(Cl)nnc1OC1CCOC1. The molecule has 0 aromatic carbocycles. The Kier molecular flexibility index (Phi) is 2.69. The van der Waals surface area contributed by atoms with Gasteiger partial charge in [-0.25, -0.2) is 0 Å². The van der Waals surface area contributed by atoms with E-state index in [1.54, 1.807) is 0 Å². The van der Waals surface area contributed by atoms with Crippen molar-refractivity contribution in [2.24, 2.45) is 0 Å². The first kappa shape index (κ1) is 9.48. The summed E-state index contributed by atoms with van der Waals surface area (Å²) in [5.41, 5.74) is 6.05.